The normalized spacial score (nSPS) is 16.1. The van der Waals surface area contributed by atoms with E-state index in [1.165, 1.54) is 53.8 Å². The van der Waals surface area contributed by atoms with Crippen molar-refractivity contribution in [1.29, 1.82) is 0 Å². The Kier molecular flexibility index (Phi) is 7.31. The van der Waals surface area contributed by atoms with Gasteiger partial charge < -0.3 is 5.32 Å². The number of benzene rings is 3. The summed E-state index contributed by atoms with van der Waals surface area (Å²) in [7, 11) is 0. The minimum Gasteiger partial charge on any atom is -0.301 e. The lowest BCUT2D eigenvalue weighted by atomic mass is 10.1. The Bertz CT molecular complexity index is 1620. The van der Waals surface area contributed by atoms with Gasteiger partial charge in [0.25, 0.3) is 17.3 Å². The maximum atomic E-state index is 13.4. The summed E-state index contributed by atoms with van der Waals surface area (Å²) in [4.78, 5) is 52.7. The second-order valence-corrected chi connectivity index (χ2v) is 10.3. The van der Waals surface area contributed by atoms with E-state index in [9.17, 15) is 29.8 Å². The number of anilines is 1. The Labute approximate surface area is 228 Å². The number of rotatable bonds is 8. The van der Waals surface area contributed by atoms with Crippen LogP contribution in [-0.2, 0) is 9.59 Å². The molecule has 0 spiro atoms. The van der Waals surface area contributed by atoms with Crippen LogP contribution < -0.4 is 10.7 Å². The number of carbonyl (C=O) groups is 2. The summed E-state index contributed by atoms with van der Waals surface area (Å²) in [6.07, 6.45) is 1.37. The zero-order valence-corrected chi connectivity index (χ0v) is 21.5. The molecule has 39 heavy (non-hydrogen) atoms. The number of para-hydroxylation sites is 3. The Hall–Kier alpha value is -4.66. The van der Waals surface area contributed by atoms with Crippen molar-refractivity contribution in [2.24, 2.45) is 0 Å². The number of thiazole rings is 1. The first-order chi connectivity index (χ1) is 18.8. The Morgan fingerprint density at radius 3 is 2.38 bits per heavy atom. The standard InChI is InChI=1S/C25H18N6O6S2/c32-22(28-25-27-17-9-3-6-12-20(17)39-25)14-26-29-23(33)21(13-15-7-1-4-10-18(15)30(34)35)38-24(29)16-8-2-5-11-19(16)31(36)37/h1-13,24,26H,14H2,(H,27,28,32)/b21-13-. The largest absolute Gasteiger partial charge is 0.301 e. The van der Waals surface area contributed by atoms with Crippen molar-refractivity contribution in [3.05, 3.63) is 109 Å². The van der Waals surface area contributed by atoms with E-state index in [1.807, 2.05) is 24.3 Å². The predicted octanol–water partition coefficient (Wildman–Crippen LogP) is 4.87. The zero-order chi connectivity index (χ0) is 27.5. The van der Waals surface area contributed by atoms with Crippen molar-refractivity contribution in [2.45, 2.75) is 5.37 Å². The van der Waals surface area contributed by atoms with E-state index < -0.39 is 27.0 Å². The second kappa shape index (κ2) is 11.0. The van der Waals surface area contributed by atoms with Crippen LogP contribution in [0.4, 0.5) is 16.5 Å². The summed E-state index contributed by atoms with van der Waals surface area (Å²) in [6, 6.07) is 19.3. The molecule has 0 radical (unpaired) electrons. The first-order valence-electron chi connectivity index (χ1n) is 11.4. The molecule has 1 fully saturated rings. The Balaban J connectivity index is 1.42. The number of nitro groups is 2. The fourth-order valence-corrected chi connectivity index (χ4v) is 6.05. The number of aromatic nitrogens is 1. The molecular formula is C25H18N6O6S2. The second-order valence-electron chi connectivity index (χ2n) is 8.16. The van der Waals surface area contributed by atoms with Crippen molar-refractivity contribution < 1.29 is 19.4 Å². The van der Waals surface area contributed by atoms with Gasteiger partial charge in [-0.1, -0.05) is 59.5 Å². The molecule has 1 saturated heterocycles. The van der Waals surface area contributed by atoms with E-state index in [0.29, 0.717) is 5.13 Å². The lowest BCUT2D eigenvalue weighted by Gasteiger charge is -2.23. The molecule has 14 heteroatoms. The summed E-state index contributed by atoms with van der Waals surface area (Å²) in [5, 5.41) is 26.5. The molecule has 1 unspecified atom stereocenters. The van der Waals surface area contributed by atoms with Gasteiger partial charge in [0.15, 0.2) is 5.13 Å². The predicted molar refractivity (Wildman–Crippen MR) is 148 cm³/mol. The third kappa shape index (κ3) is 5.47. The molecule has 1 atom stereocenters. The molecule has 3 aromatic carbocycles. The molecule has 2 heterocycles. The molecule has 2 amide bonds. The molecule has 4 aromatic rings. The topological polar surface area (TPSA) is 161 Å². The van der Waals surface area contributed by atoms with E-state index in [-0.39, 0.29) is 34.0 Å². The highest BCUT2D eigenvalue weighted by atomic mass is 32.2. The number of fused-ring (bicyclic) bond motifs is 1. The maximum absolute atomic E-state index is 13.4. The van der Waals surface area contributed by atoms with E-state index in [2.05, 4.69) is 15.7 Å². The van der Waals surface area contributed by atoms with Gasteiger partial charge in [0, 0.05) is 12.1 Å². The SMILES string of the molecule is O=C(CNN1C(=O)/C(=C/c2ccccc2[N+](=O)[O-])SC1c1ccccc1[N+](=O)[O-])Nc1nc2ccccc2s1. The van der Waals surface area contributed by atoms with Gasteiger partial charge in [0.1, 0.15) is 5.37 Å². The number of hydrogen-bond donors (Lipinski definition) is 2. The van der Waals surface area contributed by atoms with Crippen LogP contribution in [0.3, 0.4) is 0 Å². The average Bonchev–Trinajstić information content (AvgIpc) is 3.47. The van der Waals surface area contributed by atoms with Gasteiger partial charge in [-0.3, -0.25) is 34.8 Å². The lowest BCUT2D eigenvalue weighted by molar-refractivity contribution is -0.385. The van der Waals surface area contributed by atoms with Crippen LogP contribution in [-0.4, -0.2) is 38.2 Å². The minimum absolute atomic E-state index is 0.117. The first kappa shape index (κ1) is 26.0. The van der Waals surface area contributed by atoms with Crippen LogP contribution >= 0.6 is 23.1 Å². The van der Waals surface area contributed by atoms with Crippen LogP contribution in [0.25, 0.3) is 16.3 Å². The van der Waals surface area contributed by atoms with Crippen molar-refractivity contribution >= 4 is 67.7 Å². The smallest absolute Gasteiger partial charge is 0.276 e. The molecule has 196 valence electrons. The highest BCUT2D eigenvalue weighted by molar-refractivity contribution is 8.04. The molecular weight excluding hydrogens is 544 g/mol. The highest BCUT2D eigenvalue weighted by Crippen LogP contribution is 2.47. The van der Waals surface area contributed by atoms with E-state index in [4.69, 9.17) is 0 Å². The van der Waals surface area contributed by atoms with Gasteiger partial charge in [0.05, 0.1) is 42.6 Å². The monoisotopic (exact) mass is 562 g/mol. The molecule has 0 saturated carbocycles. The van der Waals surface area contributed by atoms with E-state index >= 15 is 0 Å². The van der Waals surface area contributed by atoms with Gasteiger partial charge in [-0.05, 0) is 30.3 Å². The summed E-state index contributed by atoms with van der Waals surface area (Å²) >= 11 is 2.29. The molecule has 0 aliphatic carbocycles. The molecule has 1 aliphatic rings. The fraction of sp³-hybridized carbons (Fsp3) is 0.0800. The maximum Gasteiger partial charge on any atom is 0.276 e. The molecule has 0 bridgehead atoms. The van der Waals surface area contributed by atoms with Crippen molar-refractivity contribution in [3.63, 3.8) is 0 Å². The molecule has 2 N–H and O–H groups in total. The number of carbonyl (C=O) groups excluding carboxylic acids is 2. The highest BCUT2D eigenvalue weighted by Gasteiger charge is 2.41. The molecule has 5 rings (SSSR count). The lowest BCUT2D eigenvalue weighted by Crippen LogP contribution is -2.44. The van der Waals surface area contributed by atoms with Crippen LogP contribution in [0, 0.1) is 20.2 Å². The molecule has 12 nitrogen and oxygen atoms in total. The van der Waals surface area contributed by atoms with Gasteiger partial charge in [-0.2, -0.15) is 0 Å². The van der Waals surface area contributed by atoms with Crippen LogP contribution in [0.15, 0.2) is 77.7 Å². The quantitative estimate of drug-likeness (QED) is 0.173. The Morgan fingerprint density at radius 1 is 0.974 bits per heavy atom. The van der Waals surface area contributed by atoms with Gasteiger partial charge >= 0.3 is 0 Å². The third-order valence-corrected chi connectivity index (χ3v) is 7.86. The fourth-order valence-electron chi connectivity index (χ4n) is 3.93. The number of hydrazine groups is 1. The van der Waals surface area contributed by atoms with Crippen molar-refractivity contribution in [2.75, 3.05) is 11.9 Å². The van der Waals surface area contributed by atoms with Crippen LogP contribution in [0.5, 0.6) is 0 Å². The third-order valence-electron chi connectivity index (χ3n) is 5.67. The van der Waals surface area contributed by atoms with Crippen LogP contribution in [0.1, 0.15) is 16.5 Å². The van der Waals surface area contributed by atoms with Gasteiger partial charge in [-0.25, -0.2) is 10.4 Å². The number of hydrogen-bond acceptors (Lipinski definition) is 10. The summed E-state index contributed by atoms with van der Waals surface area (Å²) < 4.78 is 0.896. The zero-order valence-electron chi connectivity index (χ0n) is 19.8. The minimum atomic E-state index is -0.914. The van der Waals surface area contributed by atoms with E-state index in [1.54, 1.807) is 12.1 Å². The molecule has 1 aliphatic heterocycles. The van der Waals surface area contributed by atoms with Gasteiger partial charge in [-0.15, -0.1) is 0 Å². The Morgan fingerprint density at radius 2 is 1.64 bits per heavy atom. The number of nitro benzene ring substituents is 2. The molecule has 1 aromatic heterocycles. The average molecular weight is 563 g/mol. The number of amides is 2. The van der Waals surface area contributed by atoms with Gasteiger partial charge in [0.2, 0.25) is 5.91 Å². The first-order valence-corrected chi connectivity index (χ1v) is 13.1. The number of nitrogens with one attached hydrogen (secondary N) is 2. The number of nitrogens with zero attached hydrogens (tertiary/aromatic N) is 4. The summed E-state index contributed by atoms with van der Waals surface area (Å²) in [5.41, 5.74) is 3.55. The summed E-state index contributed by atoms with van der Waals surface area (Å²) in [6.45, 7) is -0.335. The van der Waals surface area contributed by atoms with Crippen molar-refractivity contribution in [1.82, 2.24) is 15.4 Å². The van der Waals surface area contributed by atoms with Crippen molar-refractivity contribution in [3.8, 4) is 0 Å². The number of thioether (sulfide) groups is 1. The van der Waals surface area contributed by atoms with Crippen LogP contribution in [0.2, 0.25) is 0 Å². The summed E-state index contributed by atoms with van der Waals surface area (Å²) in [5.74, 6) is -1.07. The van der Waals surface area contributed by atoms with E-state index in [0.717, 1.165) is 27.0 Å².